The van der Waals surface area contributed by atoms with Crippen molar-refractivity contribution in [3.63, 3.8) is 0 Å². The summed E-state index contributed by atoms with van der Waals surface area (Å²) >= 11 is 0. The summed E-state index contributed by atoms with van der Waals surface area (Å²) in [5.74, 6) is 0.460. The maximum absolute atomic E-state index is 12.1. The number of ether oxygens (including phenoxy) is 1. The summed E-state index contributed by atoms with van der Waals surface area (Å²) in [7, 11) is -0.773. The molecular formula is C12H24N2O4S. The third-order valence-corrected chi connectivity index (χ3v) is 5.64. The van der Waals surface area contributed by atoms with Gasteiger partial charge in [-0.25, -0.2) is 0 Å². The third-order valence-electron chi connectivity index (χ3n) is 4.03. The molecule has 0 saturated heterocycles. The van der Waals surface area contributed by atoms with Crippen molar-refractivity contribution in [3.05, 3.63) is 0 Å². The molecule has 1 N–H and O–H groups in total. The van der Waals surface area contributed by atoms with Crippen LogP contribution < -0.4 is 4.72 Å². The molecule has 1 rings (SSSR count). The smallest absolute Gasteiger partial charge is 0.306 e. The number of carbonyl (C=O) groups excluding carboxylic acids is 1. The Kier molecular flexibility index (Phi) is 5.76. The van der Waals surface area contributed by atoms with Gasteiger partial charge in [-0.3, -0.25) is 4.79 Å². The summed E-state index contributed by atoms with van der Waals surface area (Å²) in [5.41, 5.74) is 0. The van der Waals surface area contributed by atoms with Crippen molar-refractivity contribution in [1.29, 1.82) is 0 Å². The first kappa shape index (κ1) is 16.4. The molecule has 0 bridgehead atoms. The molecule has 0 aromatic heterocycles. The normalized spacial score (nSPS) is 27.7. The first-order valence-electron chi connectivity index (χ1n) is 6.58. The second-order valence-electron chi connectivity index (χ2n) is 5.29. The lowest BCUT2D eigenvalue weighted by Gasteiger charge is -2.23. The molecule has 0 aliphatic heterocycles. The predicted octanol–water partition coefficient (Wildman–Crippen LogP) is 0.750. The SMILES string of the molecule is COC(=O)CCN(C)S(=O)(=O)NC1CCC(C)C1C. The quantitative estimate of drug-likeness (QED) is 0.733. The maximum atomic E-state index is 12.1. The Labute approximate surface area is 115 Å². The summed E-state index contributed by atoms with van der Waals surface area (Å²) in [6.45, 7) is 4.33. The number of methoxy groups -OCH3 is 1. The van der Waals surface area contributed by atoms with Gasteiger partial charge < -0.3 is 4.74 Å². The van der Waals surface area contributed by atoms with E-state index >= 15 is 0 Å². The van der Waals surface area contributed by atoms with Crippen LogP contribution in [0.2, 0.25) is 0 Å². The largest absolute Gasteiger partial charge is 0.469 e. The predicted molar refractivity (Wildman–Crippen MR) is 72.7 cm³/mol. The summed E-state index contributed by atoms with van der Waals surface area (Å²) in [6, 6.07) is -0.0134. The van der Waals surface area contributed by atoms with Crippen LogP contribution in [0.25, 0.3) is 0 Å². The molecule has 0 radical (unpaired) electrons. The first-order chi connectivity index (χ1) is 8.77. The van der Waals surface area contributed by atoms with Crippen molar-refractivity contribution in [2.45, 2.75) is 39.2 Å². The fourth-order valence-electron chi connectivity index (χ4n) is 2.28. The molecular weight excluding hydrogens is 268 g/mol. The van der Waals surface area contributed by atoms with Crippen LogP contribution in [0.4, 0.5) is 0 Å². The number of hydrogen-bond acceptors (Lipinski definition) is 4. The standard InChI is InChI=1S/C12H24N2O4S/c1-9-5-6-11(10(9)2)13-19(16,17)14(3)8-7-12(15)18-4/h9-11,13H,5-8H2,1-4H3. The molecule has 0 heterocycles. The van der Waals surface area contributed by atoms with E-state index in [2.05, 4.69) is 23.3 Å². The minimum atomic E-state index is -3.53. The highest BCUT2D eigenvalue weighted by Gasteiger charge is 2.33. The Morgan fingerprint density at radius 1 is 1.37 bits per heavy atom. The van der Waals surface area contributed by atoms with E-state index in [-0.39, 0.29) is 19.0 Å². The Balaban J connectivity index is 2.53. The van der Waals surface area contributed by atoms with E-state index in [9.17, 15) is 13.2 Å². The van der Waals surface area contributed by atoms with Crippen LogP contribution in [-0.4, -0.2) is 45.4 Å². The number of nitrogens with zero attached hydrogens (tertiary/aromatic N) is 1. The first-order valence-corrected chi connectivity index (χ1v) is 8.02. The second kappa shape index (κ2) is 6.67. The Bertz CT molecular complexity index is 410. The topological polar surface area (TPSA) is 75.7 Å². The number of carbonyl (C=O) groups is 1. The molecule has 0 amide bonds. The zero-order valence-electron chi connectivity index (χ0n) is 12.0. The number of esters is 1. The van der Waals surface area contributed by atoms with Crippen molar-refractivity contribution in [1.82, 2.24) is 9.03 Å². The average Bonchev–Trinajstić information content (AvgIpc) is 2.66. The van der Waals surface area contributed by atoms with E-state index in [1.54, 1.807) is 0 Å². The van der Waals surface area contributed by atoms with Gasteiger partial charge in [0.2, 0.25) is 0 Å². The van der Waals surface area contributed by atoms with Gasteiger partial charge in [0.15, 0.2) is 0 Å². The van der Waals surface area contributed by atoms with Crippen molar-refractivity contribution in [3.8, 4) is 0 Å². The van der Waals surface area contributed by atoms with Crippen LogP contribution in [0, 0.1) is 11.8 Å². The Morgan fingerprint density at radius 3 is 2.47 bits per heavy atom. The third kappa shape index (κ3) is 4.43. The van der Waals surface area contributed by atoms with Crippen molar-refractivity contribution < 1.29 is 17.9 Å². The molecule has 1 aliphatic carbocycles. The van der Waals surface area contributed by atoms with E-state index in [4.69, 9.17) is 0 Å². The lowest BCUT2D eigenvalue weighted by Crippen LogP contribution is -2.45. The maximum Gasteiger partial charge on any atom is 0.306 e. The van der Waals surface area contributed by atoms with E-state index in [0.717, 1.165) is 12.8 Å². The molecule has 0 aromatic rings. The summed E-state index contributed by atoms with van der Waals surface area (Å²) < 4.78 is 32.6. The van der Waals surface area contributed by atoms with Crippen LogP contribution in [0.15, 0.2) is 0 Å². The van der Waals surface area contributed by atoms with Gasteiger partial charge in [0.1, 0.15) is 0 Å². The zero-order valence-corrected chi connectivity index (χ0v) is 12.9. The monoisotopic (exact) mass is 292 g/mol. The van der Waals surface area contributed by atoms with E-state index < -0.39 is 16.2 Å². The average molecular weight is 292 g/mol. The van der Waals surface area contributed by atoms with Crippen LogP contribution >= 0.6 is 0 Å². The van der Waals surface area contributed by atoms with Gasteiger partial charge in [-0.2, -0.15) is 17.4 Å². The van der Waals surface area contributed by atoms with Crippen LogP contribution in [0.3, 0.4) is 0 Å². The van der Waals surface area contributed by atoms with Gasteiger partial charge in [-0.15, -0.1) is 0 Å². The molecule has 0 spiro atoms. The van der Waals surface area contributed by atoms with Crippen LogP contribution in [-0.2, 0) is 19.7 Å². The minimum absolute atomic E-state index is 0.0134. The molecule has 6 nitrogen and oxygen atoms in total. The van der Waals surface area contributed by atoms with Crippen molar-refractivity contribution in [2.75, 3.05) is 20.7 Å². The van der Waals surface area contributed by atoms with Gasteiger partial charge in [0.25, 0.3) is 10.2 Å². The molecule has 7 heteroatoms. The Morgan fingerprint density at radius 2 is 2.00 bits per heavy atom. The minimum Gasteiger partial charge on any atom is -0.469 e. The van der Waals surface area contributed by atoms with Crippen LogP contribution in [0.1, 0.15) is 33.1 Å². The molecule has 3 unspecified atom stereocenters. The lowest BCUT2D eigenvalue weighted by molar-refractivity contribution is -0.140. The summed E-state index contributed by atoms with van der Waals surface area (Å²) in [4.78, 5) is 11.0. The molecule has 112 valence electrons. The van der Waals surface area contributed by atoms with E-state index in [1.807, 2.05) is 0 Å². The van der Waals surface area contributed by atoms with Gasteiger partial charge in [-0.1, -0.05) is 13.8 Å². The van der Waals surface area contributed by atoms with Gasteiger partial charge in [0.05, 0.1) is 13.5 Å². The molecule has 3 atom stereocenters. The fraction of sp³-hybridized carbons (Fsp3) is 0.917. The van der Waals surface area contributed by atoms with E-state index in [0.29, 0.717) is 11.8 Å². The summed E-state index contributed by atoms with van der Waals surface area (Å²) in [5, 5.41) is 0. The number of rotatable bonds is 6. The number of hydrogen-bond donors (Lipinski definition) is 1. The van der Waals surface area contributed by atoms with Crippen molar-refractivity contribution >= 4 is 16.2 Å². The zero-order chi connectivity index (χ0) is 14.6. The van der Waals surface area contributed by atoms with Gasteiger partial charge in [-0.05, 0) is 24.7 Å². The molecule has 1 saturated carbocycles. The molecule has 19 heavy (non-hydrogen) atoms. The van der Waals surface area contributed by atoms with Gasteiger partial charge in [0, 0.05) is 19.6 Å². The fourth-order valence-corrected chi connectivity index (χ4v) is 3.51. The molecule has 1 fully saturated rings. The number of nitrogens with one attached hydrogen (secondary N) is 1. The van der Waals surface area contributed by atoms with Crippen molar-refractivity contribution in [2.24, 2.45) is 11.8 Å². The molecule has 1 aliphatic rings. The Hall–Kier alpha value is -0.660. The second-order valence-corrected chi connectivity index (χ2v) is 7.10. The molecule has 0 aromatic carbocycles. The van der Waals surface area contributed by atoms with Gasteiger partial charge >= 0.3 is 5.97 Å². The lowest BCUT2D eigenvalue weighted by atomic mass is 9.98. The van der Waals surface area contributed by atoms with E-state index in [1.165, 1.54) is 18.5 Å². The highest BCUT2D eigenvalue weighted by Crippen LogP contribution is 2.31. The highest BCUT2D eigenvalue weighted by atomic mass is 32.2. The highest BCUT2D eigenvalue weighted by molar-refractivity contribution is 7.87. The summed E-state index contributed by atoms with van der Waals surface area (Å²) in [6.07, 6.45) is 1.97. The van der Waals surface area contributed by atoms with Crippen LogP contribution in [0.5, 0.6) is 0 Å².